The molecule has 0 saturated carbocycles. The Bertz CT molecular complexity index is 947. The quantitative estimate of drug-likeness (QED) is 0.569. The summed E-state index contributed by atoms with van der Waals surface area (Å²) in [5.74, 6) is 0.219. The van der Waals surface area contributed by atoms with Gasteiger partial charge in [-0.2, -0.15) is 0 Å². The van der Waals surface area contributed by atoms with Crippen LogP contribution in [0.15, 0.2) is 64.2 Å². The standard InChI is InChI=1S/C18H16N2O4/c1-2-23-14-8-5-7-13(11-14)19-17(21)15-10-12-6-3-4-9-16(12)24-18(15)20-22/h3-11,22H,2H2,1H3,(H,19,21)/b20-18+. The first kappa shape index (κ1) is 15.6. The smallest absolute Gasteiger partial charge is 0.268 e. The summed E-state index contributed by atoms with van der Waals surface area (Å²) in [4.78, 5) is 12.5. The zero-order valence-corrected chi connectivity index (χ0v) is 13.0. The van der Waals surface area contributed by atoms with Crippen molar-refractivity contribution in [3.05, 3.63) is 65.7 Å². The molecule has 1 aromatic heterocycles. The van der Waals surface area contributed by atoms with Crippen LogP contribution in [0.5, 0.6) is 5.75 Å². The molecule has 1 amide bonds. The van der Waals surface area contributed by atoms with Crippen LogP contribution in [-0.4, -0.2) is 17.7 Å². The Morgan fingerprint density at radius 3 is 2.83 bits per heavy atom. The Labute approximate surface area is 138 Å². The minimum absolute atomic E-state index is 0.137. The molecule has 2 N–H and O–H groups in total. The number of hydrogen-bond donors (Lipinski definition) is 2. The molecule has 6 heteroatoms. The molecule has 0 atom stereocenters. The summed E-state index contributed by atoms with van der Waals surface area (Å²) in [7, 11) is 0. The molecule has 2 aromatic carbocycles. The van der Waals surface area contributed by atoms with Crippen molar-refractivity contribution in [3.8, 4) is 5.75 Å². The van der Waals surface area contributed by atoms with Crippen LogP contribution >= 0.6 is 0 Å². The SMILES string of the molecule is CCOc1cccc(NC(=O)c2cc3ccccc3o/c2=N/O)c1. The second-order valence-electron chi connectivity index (χ2n) is 5.02. The van der Waals surface area contributed by atoms with Crippen molar-refractivity contribution in [3.63, 3.8) is 0 Å². The summed E-state index contributed by atoms with van der Waals surface area (Å²) in [6, 6.07) is 15.8. The van der Waals surface area contributed by atoms with Crippen LogP contribution in [0.3, 0.4) is 0 Å². The number of amides is 1. The summed E-state index contributed by atoms with van der Waals surface area (Å²) >= 11 is 0. The van der Waals surface area contributed by atoms with Gasteiger partial charge in [-0.15, -0.1) is 0 Å². The maximum absolute atomic E-state index is 12.5. The molecule has 3 rings (SSSR count). The van der Waals surface area contributed by atoms with Gasteiger partial charge < -0.3 is 19.7 Å². The number of anilines is 1. The van der Waals surface area contributed by atoms with Gasteiger partial charge in [0, 0.05) is 17.1 Å². The number of ether oxygens (including phenoxy) is 1. The van der Waals surface area contributed by atoms with Crippen LogP contribution in [0.2, 0.25) is 0 Å². The summed E-state index contributed by atoms with van der Waals surface area (Å²) in [5, 5.41) is 15.7. The lowest BCUT2D eigenvalue weighted by atomic mass is 10.1. The largest absolute Gasteiger partial charge is 0.494 e. The highest BCUT2D eigenvalue weighted by atomic mass is 16.5. The maximum atomic E-state index is 12.5. The molecule has 0 fully saturated rings. The third kappa shape index (κ3) is 3.22. The third-order valence-corrected chi connectivity index (χ3v) is 3.39. The Morgan fingerprint density at radius 2 is 2.04 bits per heavy atom. The topological polar surface area (TPSA) is 84.1 Å². The van der Waals surface area contributed by atoms with Gasteiger partial charge in [0.05, 0.1) is 6.61 Å². The molecule has 0 radical (unpaired) electrons. The number of nitrogens with zero attached hydrogens (tertiary/aromatic N) is 1. The number of carbonyl (C=O) groups excluding carboxylic acids is 1. The molecule has 24 heavy (non-hydrogen) atoms. The van der Waals surface area contributed by atoms with Crippen LogP contribution in [0, 0.1) is 0 Å². The first-order chi connectivity index (χ1) is 11.7. The van der Waals surface area contributed by atoms with Crippen LogP contribution in [-0.2, 0) is 0 Å². The lowest BCUT2D eigenvalue weighted by Gasteiger charge is -2.08. The molecule has 0 aliphatic heterocycles. The number of fused-ring (bicyclic) bond motifs is 1. The van der Waals surface area contributed by atoms with Crippen molar-refractivity contribution < 1.29 is 19.2 Å². The van der Waals surface area contributed by atoms with Gasteiger partial charge in [-0.3, -0.25) is 4.79 Å². The number of benzene rings is 2. The van der Waals surface area contributed by atoms with Gasteiger partial charge in [-0.25, -0.2) is 0 Å². The minimum atomic E-state index is -0.439. The monoisotopic (exact) mass is 324 g/mol. The first-order valence-electron chi connectivity index (χ1n) is 7.46. The van der Waals surface area contributed by atoms with Crippen molar-refractivity contribution in [1.82, 2.24) is 0 Å². The van der Waals surface area contributed by atoms with E-state index in [9.17, 15) is 4.79 Å². The van der Waals surface area contributed by atoms with E-state index in [1.807, 2.05) is 19.1 Å². The number of hydrogen-bond acceptors (Lipinski definition) is 5. The summed E-state index contributed by atoms with van der Waals surface area (Å²) in [6.45, 7) is 2.42. The van der Waals surface area contributed by atoms with E-state index in [2.05, 4.69) is 10.5 Å². The van der Waals surface area contributed by atoms with Gasteiger partial charge in [-0.1, -0.05) is 24.3 Å². The van der Waals surface area contributed by atoms with Crippen molar-refractivity contribution in [1.29, 1.82) is 0 Å². The average Bonchev–Trinajstić information content (AvgIpc) is 2.61. The zero-order valence-electron chi connectivity index (χ0n) is 13.0. The van der Waals surface area contributed by atoms with Crippen molar-refractivity contribution >= 4 is 22.6 Å². The number of para-hydroxylation sites is 1. The maximum Gasteiger partial charge on any atom is 0.268 e. The Balaban J connectivity index is 1.95. The molecule has 0 spiro atoms. The fraction of sp³-hybridized carbons (Fsp3) is 0.111. The zero-order chi connectivity index (χ0) is 16.9. The summed E-state index contributed by atoms with van der Waals surface area (Å²) in [5.41, 5.74) is 1.09. The predicted molar refractivity (Wildman–Crippen MR) is 89.1 cm³/mol. The van der Waals surface area contributed by atoms with Gasteiger partial charge in [0.25, 0.3) is 11.5 Å². The predicted octanol–water partition coefficient (Wildman–Crippen LogP) is 3.37. The molecule has 0 unspecified atom stereocenters. The second-order valence-corrected chi connectivity index (χ2v) is 5.02. The molecule has 0 aliphatic rings. The highest BCUT2D eigenvalue weighted by Gasteiger charge is 2.13. The molecule has 122 valence electrons. The van der Waals surface area contributed by atoms with Gasteiger partial charge in [0.15, 0.2) is 0 Å². The molecule has 0 bridgehead atoms. The molecule has 0 saturated heterocycles. The Morgan fingerprint density at radius 1 is 1.21 bits per heavy atom. The van der Waals surface area contributed by atoms with Crippen LogP contribution in [0.1, 0.15) is 17.3 Å². The van der Waals surface area contributed by atoms with Crippen LogP contribution < -0.4 is 15.6 Å². The van der Waals surface area contributed by atoms with E-state index >= 15 is 0 Å². The molecule has 1 heterocycles. The Hall–Kier alpha value is -3.28. The first-order valence-corrected chi connectivity index (χ1v) is 7.46. The third-order valence-electron chi connectivity index (χ3n) is 3.39. The summed E-state index contributed by atoms with van der Waals surface area (Å²) < 4.78 is 10.9. The lowest BCUT2D eigenvalue weighted by Crippen LogP contribution is -2.21. The van der Waals surface area contributed by atoms with Crippen LogP contribution in [0.4, 0.5) is 5.69 Å². The van der Waals surface area contributed by atoms with Crippen LogP contribution in [0.25, 0.3) is 11.0 Å². The highest BCUT2D eigenvalue weighted by molar-refractivity contribution is 6.05. The second kappa shape index (κ2) is 6.87. The number of rotatable bonds is 4. The van der Waals surface area contributed by atoms with Crippen molar-refractivity contribution in [2.24, 2.45) is 5.16 Å². The molecule has 0 aliphatic carbocycles. The molecule has 6 nitrogen and oxygen atoms in total. The van der Waals surface area contributed by atoms with E-state index in [1.54, 1.807) is 42.5 Å². The lowest BCUT2D eigenvalue weighted by molar-refractivity contribution is 0.102. The fourth-order valence-electron chi connectivity index (χ4n) is 2.33. The van der Waals surface area contributed by atoms with Crippen molar-refractivity contribution in [2.45, 2.75) is 6.92 Å². The van der Waals surface area contributed by atoms with Gasteiger partial charge >= 0.3 is 0 Å². The van der Waals surface area contributed by atoms with E-state index in [1.165, 1.54) is 0 Å². The average molecular weight is 324 g/mol. The normalized spacial score (nSPS) is 11.5. The highest BCUT2D eigenvalue weighted by Crippen LogP contribution is 2.18. The molecular formula is C18H16N2O4. The van der Waals surface area contributed by atoms with E-state index in [-0.39, 0.29) is 11.1 Å². The fourth-order valence-corrected chi connectivity index (χ4v) is 2.33. The van der Waals surface area contributed by atoms with E-state index in [0.29, 0.717) is 23.6 Å². The van der Waals surface area contributed by atoms with E-state index in [0.717, 1.165) is 5.39 Å². The minimum Gasteiger partial charge on any atom is -0.494 e. The van der Waals surface area contributed by atoms with E-state index in [4.69, 9.17) is 14.4 Å². The molecule has 3 aromatic rings. The van der Waals surface area contributed by atoms with Gasteiger partial charge in [0.2, 0.25) is 0 Å². The number of nitrogens with one attached hydrogen (secondary N) is 1. The molecular weight excluding hydrogens is 308 g/mol. The van der Waals surface area contributed by atoms with E-state index < -0.39 is 5.91 Å². The Kier molecular flexibility index (Phi) is 4.47. The van der Waals surface area contributed by atoms with Gasteiger partial charge in [0.1, 0.15) is 16.9 Å². The number of carbonyl (C=O) groups is 1. The van der Waals surface area contributed by atoms with Crippen molar-refractivity contribution in [2.75, 3.05) is 11.9 Å². The summed E-state index contributed by atoms with van der Waals surface area (Å²) in [6.07, 6.45) is 0. The van der Waals surface area contributed by atoms with Gasteiger partial charge in [-0.05, 0) is 36.3 Å².